The van der Waals surface area contributed by atoms with E-state index in [4.69, 9.17) is 0 Å². The maximum Gasteiger partial charge on any atom is 0.186 e. The molecule has 0 aliphatic carbocycles. The van der Waals surface area contributed by atoms with E-state index in [-0.39, 0.29) is 23.3 Å². The van der Waals surface area contributed by atoms with Gasteiger partial charge in [0.05, 0.1) is 0 Å². The summed E-state index contributed by atoms with van der Waals surface area (Å²) in [6.45, 7) is 12.2. The summed E-state index contributed by atoms with van der Waals surface area (Å²) in [6.07, 6.45) is 1.49. The van der Waals surface area contributed by atoms with Gasteiger partial charge in [0.25, 0.3) is 0 Å². The molecule has 134 valence electrons. The Morgan fingerprint density at radius 2 is 1.64 bits per heavy atom. The Morgan fingerprint density at radius 3 is 2.16 bits per heavy atom. The van der Waals surface area contributed by atoms with Gasteiger partial charge in [-0.15, -0.1) is 5.10 Å². The number of nitrogens with zero attached hydrogens (tertiary/aromatic N) is 2. The highest BCUT2D eigenvalue weighted by atomic mass is 16.3. The van der Waals surface area contributed by atoms with Crippen molar-refractivity contribution >= 4 is 5.78 Å². The number of rotatable bonds is 4. The van der Waals surface area contributed by atoms with Gasteiger partial charge >= 0.3 is 0 Å². The first-order valence-electron chi connectivity index (χ1n) is 8.59. The Labute approximate surface area is 150 Å². The van der Waals surface area contributed by atoms with E-state index >= 15 is 0 Å². The van der Waals surface area contributed by atoms with Gasteiger partial charge in [0.1, 0.15) is 11.3 Å². The lowest BCUT2D eigenvalue weighted by atomic mass is 9.68. The van der Waals surface area contributed by atoms with E-state index in [2.05, 4.69) is 37.0 Å². The van der Waals surface area contributed by atoms with Gasteiger partial charge in [-0.1, -0.05) is 65.8 Å². The van der Waals surface area contributed by atoms with Crippen LogP contribution in [0.2, 0.25) is 0 Å². The highest BCUT2D eigenvalue weighted by molar-refractivity contribution is 5.94. The smallest absolute Gasteiger partial charge is 0.186 e. The molecule has 1 unspecified atom stereocenters. The zero-order chi connectivity index (χ0) is 18.9. The zero-order valence-corrected chi connectivity index (χ0v) is 16.0. The quantitative estimate of drug-likeness (QED) is 0.844. The summed E-state index contributed by atoms with van der Waals surface area (Å²) in [5.74, 6) is -0.216. The number of hydrogen-bond donors (Lipinski definition) is 1. The van der Waals surface area contributed by atoms with Gasteiger partial charge in [0, 0.05) is 12.6 Å². The molecule has 2 aromatic rings. The Bertz CT molecular complexity index is 742. The molecule has 0 amide bonds. The van der Waals surface area contributed by atoms with Crippen molar-refractivity contribution in [3.63, 3.8) is 0 Å². The Hall–Kier alpha value is -2.07. The minimum Gasteiger partial charge on any atom is -0.384 e. The molecular formula is C21H28N2O2. The Balaban J connectivity index is 2.47. The van der Waals surface area contributed by atoms with E-state index < -0.39 is 11.0 Å². The lowest BCUT2D eigenvalue weighted by molar-refractivity contribution is -0.0641. The van der Waals surface area contributed by atoms with Gasteiger partial charge in [-0.05, 0) is 34.1 Å². The van der Waals surface area contributed by atoms with Gasteiger partial charge in [-0.2, -0.15) is 5.10 Å². The molecule has 2 rings (SSSR count). The van der Waals surface area contributed by atoms with Crippen LogP contribution < -0.4 is 0 Å². The van der Waals surface area contributed by atoms with Crippen LogP contribution >= 0.6 is 0 Å². The van der Waals surface area contributed by atoms with E-state index in [1.54, 1.807) is 12.1 Å². The highest BCUT2D eigenvalue weighted by Crippen LogP contribution is 2.43. The van der Waals surface area contributed by atoms with Crippen molar-refractivity contribution in [1.82, 2.24) is 10.2 Å². The first kappa shape index (κ1) is 19.3. The van der Waals surface area contributed by atoms with Crippen molar-refractivity contribution in [2.24, 2.45) is 5.41 Å². The number of aromatic nitrogens is 2. The van der Waals surface area contributed by atoms with Gasteiger partial charge in [0.2, 0.25) is 0 Å². The summed E-state index contributed by atoms with van der Waals surface area (Å²) in [5, 5.41) is 19.2. The fourth-order valence-corrected chi connectivity index (χ4v) is 2.82. The lowest BCUT2D eigenvalue weighted by Gasteiger charge is -2.41. The van der Waals surface area contributed by atoms with E-state index in [1.807, 2.05) is 39.0 Å². The second-order valence-electron chi connectivity index (χ2n) is 8.65. The number of Topliss-reactive ketones (excluding diaryl/α,β-unsaturated/α-hetero) is 1. The minimum absolute atomic E-state index is 0.0380. The van der Waals surface area contributed by atoms with Crippen LogP contribution in [0, 0.1) is 5.41 Å². The average molecular weight is 340 g/mol. The summed E-state index contributed by atoms with van der Waals surface area (Å²) >= 11 is 0. The number of aliphatic hydroxyl groups is 1. The minimum atomic E-state index is -1.30. The van der Waals surface area contributed by atoms with Crippen LogP contribution in [0.15, 0.2) is 42.6 Å². The number of carbonyl (C=O) groups excluding carboxylic acids is 1. The molecule has 1 aromatic heterocycles. The first-order valence-corrected chi connectivity index (χ1v) is 8.59. The number of hydrogen-bond acceptors (Lipinski definition) is 4. The Kier molecular flexibility index (Phi) is 5.14. The maximum absolute atomic E-state index is 12.7. The normalized spacial score (nSPS) is 14.8. The molecule has 0 bridgehead atoms. The number of ketones is 1. The zero-order valence-electron chi connectivity index (χ0n) is 16.0. The molecule has 0 saturated heterocycles. The maximum atomic E-state index is 12.7. The third-order valence-electron chi connectivity index (χ3n) is 4.72. The molecule has 25 heavy (non-hydrogen) atoms. The highest BCUT2D eigenvalue weighted by Gasteiger charge is 2.44. The third kappa shape index (κ3) is 4.13. The van der Waals surface area contributed by atoms with E-state index in [0.717, 1.165) is 11.1 Å². The second-order valence-corrected chi connectivity index (χ2v) is 8.65. The molecule has 0 saturated carbocycles. The van der Waals surface area contributed by atoms with Crippen molar-refractivity contribution in [2.45, 2.75) is 59.0 Å². The molecule has 4 nitrogen and oxygen atoms in total. The predicted octanol–water partition coefficient (Wildman–Crippen LogP) is 4.28. The molecule has 0 spiro atoms. The number of carbonyl (C=O) groups is 1. The summed E-state index contributed by atoms with van der Waals surface area (Å²) < 4.78 is 0. The van der Waals surface area contributed by atoms with Gasteiger partial charge in [-0.25, -0.2) is 0 Å². The molecule has 1 N–H and O–H groups in total. The summed E-state index contributed by atoms with van der Waals surface area (Å²) in [6, 6.07) is 11.2. The van der Waals surface area contributed by atoms with Crippen molar-refractivity contribution in [2.75, 3.05) is 0 Å². The molecule has 0 aliphatic heterocycles. The molecule has 0 aliphatic rings. The van der Waals surface area contributed by atoms with Crippen LogP contribution in [0.25, 0.3) is 0 Å². The van der Waals surface area contributed by atoms with Crippen molar-refractivity contribution in [3.05, 3.63) is 59.4 Å². The topological polar surface area (TPSA) is 63.1 Å². The van der Waals surface area contributed by atoms with Crippen molar-refractivity contribution in [1.29, 1.82) is 0 Å². The van der Waals surface area contributed by atoms with Crippen LogP contribution in [0.1, 0.15) is 69.6 Å². The summed E-state index contributed by atoms with van der Waals surface area (Å²) in [5.41, 5.74) is 0.287. The van der Waals surface area contributed by atoms with Crippen LogP contribution in [0.5, 0.6) is 0 Å². The van der Waals surface area contributed by atoms with Crippen molar-refractivity contribution < 1.29 is 9.90 Å². The van der Waals surface area contributed by atoms with Crippen LogP contribution in [-0.4, -0.2) is 21.1 Å². The number of benzene rings is 1. The molecule has 4 heteroatoms. The third-order valence-corrected chi connectivity index (χ3v) is 4.72. The lowest BCUT2D eigenvalue weighted by Crippen LogP contribution is -2.42. The fourth-order valence-electron chi connectivity index (χ4n) is 2.82. The van der Waals surface area contributed by atoms with Gasteiger partial charge in [-0.3, -0.25) is 4.79 Å². The largest absolute Gasteiger partial charge is 0.384 e. The average Bonchev–Trinajstić information content (AvgIpc) is 2.54. The Morgan fingerprint density at radius 1 is 1.00 bits per heavy atom. The second kappa shape index (κ2) is 6.68. The molecule has 1 heterocycles. The van der Waals surface area contributed by atoms with E-state index in [1.165, 1.54) is 6.20 Å². The fraction of sp³-hybridized carbons (Fsp3) is 0.476. The van der Waals surface area contributed by atoms with Crippen molar-refractivity contribution in [3.8, 4) is 0 Å². The summed E-state index contributed by atoms with van der Waals surface area (Å²) in [7, 11) is 0. The first-order chi connectivity index (χ1) is 11.4. The van der Waals surface area contributed by atoms with E-state index in [0.29, 0.717) is 0 Å². The molecular weight excluding hydrogens is 312 g/mol. The summed E-state index contributed by atoms with van der Waals surface area (Å²) in [4.78, 5) is 12.7. The van der Waals surface area contributed by atoms with Crippen LogP contribution in [-0.2, 0) is 11.0 Å². The van der Waals surface area contributed by atoms with Gasteiger partial charge < -0.3 is 5.11 Å². The molecule has 1 atom stereocenters. The van der Waals surface area contributed by atoms with Gasteiger partial charge in [0.15, 0.2) is 5.78 Å². The monoisotopic (exact) mass is 340 g/mol. The molecule has 0 radical (unpaired) electrons. The molecule has 0 fully saturated rings. The standard InChI is InChI=1S/C21H28N2O2/c1-19(2,3)15-9-7-10-16(13-15)21(25,20(4,5)6)14-18(24)17-11-8-12-22-23-17/h7-13,25H,14H2,1-6H3. The van der Waals surface area contributed by atoms with E-state index in [9.17, 15) is 9.90 Å². The predicted molar refractivity (Wildman–Crippen MR) is 99.5 cm³/mol. The van der Waals surface area contributed by atoms with Crippen LogP contribution in [0.4, 0.5) is 0 Å². The molecule has 1 aromatic carbocycles. The SMILES string of the molecule is CC(C)(C)c1cccc(C(O)(CC(=O)c2cccnn2)C(C)(C)C)c1. The van der Waals surface area contributed by atoms with Crippen LogP contribution in [0.3, 0.4) is 0 Å².